The summed E-state index contributed by atoms with van der Waals surface area (Å²) in [6.07, 6.45) is 7.37. The first-order valence-corrected chi connectivity index (χ1v) is 7.58. The van der Waals surface area contributed by atoms with E-state index in [2.05, 4.69) is 65.6 Å². The molecular weight excluding hydrogens is 337 g/mol. The van der Waals surface area contributed by atoms with Gasteiger partial charge in [0.1, 0.15) is 0 Å². The van der Waals surface area contributed by atoms with Gasteiger partial charge in [0.25, 0.3) is 0 Å². The molecule has 1 saturated carbocycles. The first-order chi connectivity index (χ1) is 8.26. The minimum absolute atomic E-state index is 0.391. The zero-order valence-electron chi connectivity index (χ0n) is 11.6. The number of anilines is 1. The lowest BCUT2D eigenvalue weighted by Gasteiger charge is -2.45. The second-order valence-electron chi connectivity index (χ2n) is 6.98. The maximum Gasteiger partial charge on any atom is 0.222 e. The van der Waals surface area contributed by atoms with Crippen molar-refractivity contribution in [3.8, 4) is 0 Å². The predicted octanol–water partition coefficient (Wildman–Crippen LogP) is 4.10. The fourth-order valence-corrected chi connectivity index (χ4v) is 3.80. The van der Waals surface area contributed by atoms with Gasteiger partial charge >= 0.3 is 0 Å². The smallest absolute Gasteiger partial charge is 0.222 e. The number of aromatic nitrogens is 2. The molecule has 1 aliphatic carbocycles. The summed E-state index contributed by atoms with van der Waals surface area (Å²) in [5.74, 6) is 0.758. The van der Waals surface area contributed by atoms with Crippen LogP contribution in [0.25, 0.3) is 0 Å². The van der Waals surface area contributed by atoms with E-state index in [0.29, 0.717) is 16.9 Å². The van der Waals surface area contributed by atoms with E-state index >= 15 is 0 Å². The average molecular weight is 359 g/mol. The van der Waals surface area contributed by atoms with Crippen molar-refractivity contribution in [3.05, 3.63) is 16.0 Å². The van der Waals surface area contributed by atoms with Crippen LogP contribution in [0, 0.1) is 14.4 Å². The van der Waals surface area contributed by atoms with E-state index in [4.69, 9.17) is 0 Å². The lowest BCUT2D eigenvalue weighted by molar-refractivity contribution is 0.105. The van der Waals surface area contributed by atoms with E-state index in [0.717, 1.165) is 9.52 Å². The largest absolute Gasteiger partial charge is 0.351 e. The maximum absolute atomic E-state index is 4.34. The van der Waals surface area contributed by atoms with Gasteiger partial charge in [0.15, 0.2) is 0 Å². The summed E-state index contributed by atoms with van der Waals surface area (Å²) < 4.78 is 1.07. The van der Waals surface area contributed by atoms with Gasteiger partial charge in [0.2, 0.25) is 5.95 Å². The fraction of sp³-hybridized carbons (Fsp3) is 0.714. The van der Waals surface area contributed by atoms with E-state index < -0.39 is 0 Å². The molecule has 0 aliphatic heterocycles. The molecule has 2 rings (SSSR count). The van der Waals surface area contributed by atoms with E-state index in [1.54, 1.807) is 0 Å². The summed E-state index contributed by atoms with van der Waals surface area (Å²) in [5, 5.41) is 3.49. The molecule has 0 amide bonds. The summed E-state index contributed by atoms with van der Waals surface area (Å²) in [6.45, 7) is 9.43. The van der Waals surface area contributed by atoms with Crippen molar-refractivity contribution in [3.63, 3.8) is 0 Å². The van der Waals surface area contributed by atoms with Crippen molar-refractivity contribution in [1.82, 2.24) is 9.97 Å². The molecular formula is C14H22IN3. The molecule has 0 unspecified atom stereocenters. The third-order valence-electron chi connectivity index (χ3n) is 3.51. The van der Waals surface area contributed by atoms with Crippen molar-refractivity contribution in [2.24, 2.45) is 10.8 Å². The van der Waals surface area contributed by atoms with Crippen LogP contribution >= 0.6 is 22.6 Å². The molecule has 3 nitrogen and oxygen atoms in total. The fourth-order valence-electron chi connectivity index (χ4n) is 3.52. The third kappa shape index (κ3) is 3.80. The second kappa shape index (κ2) is 4.94. The highest BCUT2D eigenvalue weighted by Crippen LogP contribution is 2.46. The van der Waals surface area contributed by atoms with Gasteiger partial charge in [0.05, 0.1) is 0 Å². The molecule has 0 atom stereocenters. The Morgan fingerprint density at radius 3 is 2.11 bits per heavy atom. The highest BCUT2D eigenvalue weighted by atomic mass is 127. The molecule has 1 N–H and O–H groups in total. The zero-order chi connectivity index (χ0) is 13.4. The number of halogens is 1. The van der Waals surface area contributed by atoms with Gasteiger partial charge < -0.3 is 5.32 Å². The van der Waals surface area contributed by atoms with Crippen LogP contribution in [-0.2, 0) is 0 Å². The second-order valence-corrected chi connectivity index (χ2v) is 8.23. The summed E-state index contributed by atoms with van der Waals surface area (Å²) in [7, 11) is 0. The van der Waals surface area contributed by atoms with Gasteiger partial charge in [-0.15, -0.1) is 0 Å². The molecule has 1 aromatic rings. The van der Waals surface area contributed by atoms with Crippen LogP contribution in [0.2, 0.25) is 0 Å². The van der Waals surface area contributed by atoms with Crippen LogP contribution in [0.5, 0.6) is 0 Å². The first kappa shape index (κ1) is 14.0. The van der Waals surface area contributed by atoms with Crippen LogP contribution < -0.4 is 5.32 Å². The molecule has 100 valence electrons. The monoisotopic (exact) mass is 359 g/mol. The lowest BCUT2D eigenvalue weighted by atomic mass is 9.63. The number of nitrogens with zero attached hydrogens (tertiary/aromatic N) is 2. The van der Waals surface area contributed by atoms with Gasteiger partial charge in [-0.05, 0) is 52.7 Å². The Morgan fingerprint density at radius 2 is 1.61 bits per heavy atom. The quantitative estimate of drug-likeness (QED) is 0.808. The maximum atomic E-state index is 4.34. The highest BCUT2D eigenvalue weighted by Gasteiger charge is 2.38. The topological polar surface area (TPSA) is 37.8 Å². The molecule has 18 heavy (non-hydrogen) atoms. The van der Waals surface area contributed by atoms with Crippen LogP contribution in [0.1, 0.15) is 47.0 Å². The van der Waals surface area contributed by atoms with Gasteiger partial charge in [-0.25, -0.2) is 9.97 Å². The van der Waals surface area contributed by atoms with E-state index in [1.807, 2.05) is 12.4 Å². The van der Waals surface area contributed by atoms with Gasteiger partial charge in [0, 0.05) is 22.0 Å². The molecule has 0 bridgehead atoms. The van der Waals surface area contributed by atoms with Gasteiger partial charge in [-0.3, -0.25) is 0 Å². The molecule has 1 fully saturated rings. The normalized spacial score (nSPS) is 22.7. The number of hydrogen-bond donors (Lipinski definition) is 1. The van der Waals surface area contributed by atoms with Gasteiger partial charge in [-0.2, -0.15) is 0 Å². The molecule has 4 heteroatoms. The minimum atomic E-state index is 0.391. The Morgan fingerprint density at radius 1 is 1.11 bits per heavy atom. The number of rotatable bonds is 2. The number of hydrogen-bond acceptors (Lipinski definition) is 3. The summed E-state index contributed by atoms with van der Waals surface area (Å²) in [5.41, 5.74) is 0.783. The Kier molecular flexibility index (Phi) is 3.85. The zero-order valence-corrected chi connectivity index (χ0v) is 13.8. The molecule has 1 heterocycles. The lowest BCUT2D eigenvalue weighted by Crippen LogP contribution is -2.40. The molecule has 1 aliphatic rings. The Labute approximate surface area is 123 Å². The molecule has 1 aromatic heterocycles. The predicted molar refractivity (Wildman–Crippen MR) is 83.6 cm³/mol. The van der Waals surface area contributed by atoms with Crippen molar-refractivity contribution in [1.29, 1.82) is 0 Å². The van der Waals surface area contributed by atoms with Crippen LogP contribution in [0.15, 0.2) is 12.4 Å². The SMILES string of the molecule is CC1(C)CC(Nc2ncc(I)cn2)CC(C)(C)C1. The minimum Gasteiger partial charge on any atom is -0.351 e. The van der Waals surface area contributed by atoms with Crippen molar-refractivity contribution < 1.29 is 0 Å². The average Bonchev–Trinajstić information content (AvgIpc) is 2.16. The van der Waals surface area contributed by atoms with Crippen molar-refractivity contribution in [2.45, 2.75) is 53.0 Å². The number of nitrogens with one attached hydrogen (secondary N) is 1. The van der Waals surface area contributed by atoms with Crippen molar-refractivity contribution in [2.75, 3.05) is 5.32 Å². The summed E-state index contributed by atoms with van der Waals surface area (Å²) in [6, 6.07) is 0.476. The first-order valence-electron chi connectivity index (χ1n) is 6.50. The van der Waals surface area contributed by atoms with Crippen LogP contribution in [0.4, 0.5) is 5.95 Å². The standard InChI is InChI=1S/C14H22IN3/c1-13(2)5-11(6-14(3,4)9-13)18-12-16-7-10(15)8-17-12/h7-8,11H,5-6,9H2,1-4H3,(H,16,17,18). The van der Waals surface area contributed by atoms with E-state index in [9.17, 15) is 0 Å². The Hall–Kier alpha value is -0.390. The summed E-state index contributed by atoms with van der Waals surface area (Å²) in [4.78, 5) is 8.68. The van der Waals surface area contributed by atoms with Crippen LogP contribution in [0.3, 0.4) is 0 Å². The highest BCUT2D eigenvalue weighted by molar-refractivity contribution is 14.1. The van der Waals surface area contributed by atoms with E-state index in [1.165, 1.54) is 19.3 Å². The molecule has 0 spiro atoms. The summed E-state index contributed by atoms with van der Waals surface area (Å²) >= 11 is 2.23. The van der Waals surface area contributed by atoms with E-state index in [-0.39, 0.29) is 0 Å². The van der Waals surface area contributed by atoms with Gasteiger partial charge in [-0.1, -0.05) is 27.7 Å². The van der Waals surface area contributed by atoms with Crippen LogP contribution in [-0.4, -0.2) is 16.0 Å². The van der Waals surface area contributed by atoms with Crippen molar-refractivity contribution >= 4 is 28.5 Å². The Balaban J connectivity index is 2.07. The molecule has 0 aromatic carbocycles. The third-order valence-corrected chi connectivity index (χ3v) is 4.07. The Bertz CT molecular complexity index is 396. The molecule has 0 radical (unpaired) electrons. The molecule has 0 saturated heterocycles.